The first-order valence-electron chi connectivity index (χ1n) is 9.94. The van der Waals surface area contributed by atoms with Gasteiger partial charge in [0.15, 0.2) is 6.61 Å². The number of fused-ring (bicyclic) bond motifs is 1. The molecule has 1 aliphatic carbocycles. The van der Waals surface area contributed by atoms with Crippen LogP contribution in [0.2, 0.25) is 0 Å². The van der Waals surface area contributed by atoms with Gasteiger partial charge in [-0.1, -0.05) is 44.2 Å². The van der Waals surface area contributed by atoms with Crippen LogP contribution in [0.5, 0.6) is 0 Å². The van der Waals surface area contributed by atoms with Crippen molar-refractivity contribution in [1.29, 1.82) is 0 Å². The van der Waals surface area contributed by atoms with E-state index in [1.165, 1.54) is 30.2 Å². The van der Waals surface area contributed by atoms with E-state index < -0.39 is 5.97 Å². The SMILES string of the molecule is Cc1cccc2c(=O)n(CC(=O)OCC(=O)NC3CCCCCCC3)cnc12. The first-order chi connectivity index (χ1) is 13.5. The van der Waals surface area contributed by atoms with Crippen molar-refractivity contribution in [2.24, 2.45) is 0 Å². The number of para-hydroxylation sites is 1. The second-order valence-corrected chi connectivity index (χ2v) is 7.42. The minimum Gasteiger partial charge on any atom is -0.454 e. The molecule has 150 valence electrons. The van der Waals surface area contributed by atoms with Gasteiger partial charge in [-0.3, -0.25) is 19.0 Å². The van der Waals surface area contributed by atoms with Crippen LogP contribution in [0.3, 0.4) is 0 Å². The maximum atomic E-state index is 12.5. The number of esters is 1. The van der Waals surface area contributed by atoms with Crippen LogP contribution < -0.4 is 10.9 Å². The number of amides is 1. The lowest BCUT2D eigenvalue weighted by Gasteiger charge is -2.20. The van der Waals surface area contributed by atoms with Gasteiger partial charge >= 0.3 is 5.97 Å². The molecule has 2 aromatic rings. The summed E-state index contributed by atoms with van der Waals surface area (Å²) < 4.78 is 6.26. The lowest BCUT2D eigenvalue weighted by Crippen LogP contribution is -2.38. The Morgan fingerprint density at radius 2 is 1.89 bits per heavy atom. The maximum Gasteiger partial charge on any atom is 0.326 e. The van der Waals surface area contributed by atoms with Gasteiger partial charge in [0, 0.05) is 6.04 Å². The van der Waals surface area contributed by atoms with Crippen molar-refractivity contribution >= 4 is 22.8 Å². The molecule has 0 bridgehead atoms. The van der Waals surface area contributed by atoms with Gasteiger partial charge < -0.3 is 10.1 Å². The molecule has 7 heteroatoms. The molecule has 1 N–H and O–H groups in total. The summed E-state index contributed by atoms with van der Waals surface area (Å²) in [6.45, 7) is 1.28. The molecule has 0 spiro atoms. The summed E-state index contributed by atoms with van der Waals surface area (Å²) in [4.78, 5) is 40.9. The highest BCUT2D eigenvalue weighted by Gasteiger charge is 2.16. The summed E-state index contributed by atoms with van der Waals surface area (Å²) in [5.41, 5.74) is 1.22. The van der Waals surface area contributed by atoms with Crippen molar-refractivity contribution in [2.45, 2.75) is 64.5 Å². The van der Waals surface area contributed by atoms with E-state index in [2.05, 4.69) is 10.3 Å². The van der Waals surface area contributed by atoms with Gasteiger partial charge in [0.1, 0.15) is 6.54 Å². The van der Waals surface area contributed by atoms with Crippen molar-refractivity contribution in [3.8, 4) is 0 Å². The number of ether oxygens (including phenoxy) is 1. The number of carbonyl (C=O) groups excluding carboxylic acids is 2. The average molecular weight is 385 g/mol. The van der Waals surface area contributed by atoms with Crippen LogP contribution in [0.15, 0.2) is 29.3 Å². The molecule has 1 saturated carbocycles. The lowest BCUT2D eigenvalue weighted by atomic mass is 9.97. The van der Waals surface area contributed by atoms with Crippen LogP contribution in [0, 0.1) is 6.92 Å². The normalized spacial score (nSPS) is 15.6. The highest BCUT2D eigenvalue weighted by atomic mass is 16.5. The Morgan fingerprint density at radius 1 is 1.18 bits per heavy atom. The second kappa shape index (κ2) is 9.48. The lowest BCUT2D eigenvalue weighted by molar-refractivity contribution is -0.149. The summed E-state index contributed by atoms with van der Waals surface area (Å²) in [5, 5.41) is 3.41. The summed E-state index contributed by atoms with van der Waals surface area (Å²) in [6, 6.07) is 5.50. The molecule has 0 atom stereocenters. The van der Waals surface area contributed by atoms with Gasteiger partial charge in [0.25, 0.3) is 11.5 Å². The Hall–Kier alpha value is -2.70. The Labute approximate surface area is 164 Å². The standard InChI is InChI=1S/C21H27N3O4/c1-15-8-7-11-17-20(15)22-14-24(21(17)27)12-19(26)28-13-18(25)23-16-9-5-3-2-4-6-10-16/h7-8,11,14,16H,2-6,9-10,12-13H2,1H3,(H,23,25). The zero-order chi connectivity index (χ0) is 19.9. The molecule has 0 radical (unpaired) electrons. The van der Waals surface area contributed by atoms with Crippen molar-refractivity contribution in [3.05, 3.63) is 40.4 Å². The number of rotatable bonds is 5. The van der Waals surface area contributed by atoms with Gasteiger partial charge in [-0.2, -0.15) is 0 Å². The van der Waals surface area contributed by atoms with Crippen LogP contribution in [0.4, 0.5) is 0 Å². The van der Waals surface area contributed by atoms with Crippen LogP contribution in [-0.2, 0) is 20.9 Å². The van der Waals surface area contributed by atoms with E-state index in [1.54, 1.807) is 12.1 Å². The summed E-state index contributed by atoms with van der Waals surface area (Å²) >= 11 is 0. The average Bonchev–Trinajstić information content (AvgIpc) is 2.65. The molecule has 1 heterocycles. The molecular formula is C21H27N3O4. The molecule has 1 aromatic heterocycles. The third kappa shape index (κ3) is 5.18. The predicted octanol–water partition coefficient (Wildman–Crippen LogP) is 2.48. The molecule has 7 nitrogen and oxygen atoms in total. The van der Waals surface area contributed by atoms with E-state index in [-0.39, 0.29) is 30.7 Å². The summed E-state index contributed by atoms with van der Waals surface area (Å²) in [6.07, 6.45) is 9.18. The van der Waals surface area contributed by atoms with E-state index in [4.69, 9.17) is 4.74 Å². The van der Waals surface area contributed by atoms with Gasteiger partial charge in [-0.05, 0) is 31.4 Å². The number of aryl methyl sites for hydroxylation is 1. The molecule has 3 rings (SSSR count). The number of benzene rings is 1. The number of aromatic nitrogens is 2. The molecule has 0 saturated heterocycles. The van der Waals surface area contributed by atoms with Gasteiger partial charge in [-0.25, -0.2) is 4.98 Å². The number of nitrogens with one attached hydrogen (secondary N) is 1. The van der Waals surface area contributed by atoms with E-state index >= 15 is 0 Å². The third-order valence-corrected chi connectivity index (χ3v) is 5.19. The highest BCUT2D eigenvalue weighted by molar-refractivity contribution is 5.82. The van der Waals surface area contributed by atoms with E-state index in [0.29, 0.717) is 10.9 Å². The van der Waals surface area contributed by atoms with Crippen molar-refractivity contribution in [2.75, 3.05) is 6.61 Å². The highest BCUT2D eigenvalue weighted by Crippen LogP contribution is 2.17. The fourth-order valence-electron chi connectivity index (χ4n) is 3.65. The fourth-order valence-corrected chi connectivity index (χ4v) is 3.65. The van der Waals surface area contributed by atoms with Crippen LogP contribution in [0.25, 0.3) is 10.9 Å². The Kier molecular flexibility index (Phi) is 6.79. The number of hydrogen-bond acceptors (Lipinski definition) is 5. The van der Waals surface area contributed by atoms with Crippen LogP contribution in [-0.4, -0.2) is 34.1 Å². The molecule has 1 fully saturated rings. The van der Waals surface area contributed by atoms with E-state index in [1.807, 2.05) is 13.0 Å². The van der Waals surface area contributed by atoms with E-state index in [0.717, 1.165) is 31.2 Å². The summed E-state index contributed by atoms with van der Waals surface area (Å²) in [7, 11) is 0. The molecular weight excluding hydrogens is 358 g/mol. The minimum atomic E-state index is -0.635. The topological polar surface area (TPSA) is 90.3 Å². The minimum absolute atomic E-state index is 0.155. The maximum absolute atomic E-state index is 12.5. The molecule has 0 aliphatic heterocycles. The number of nitrogens with zero attached hydrogens (tertiary/aromatic N) is 2. The molecule has 1 aliphatic rings. The Morgan fingerprint density at radius 3 is 2.64 bits per heavy atom. The van der Waals surface area contributed by atoms with E-state index in [9.17, 15) is 14.4 Å². The molecule has 0 unspecified atom stereocenters. The van der Waals surface area contributed by atoms with Crippen molar-refractivity contribution in [1.82, 2.24) is 14.9 Å². The van der Waals surface area contributed by atoms with Gasteiger partial charge in [0.2, 0.25) is 0 Å². The number of carbonyl (C=O) groups is 2. The largest absolute Gasteiger partial charge is 0.454 e. The smallest absolute Gasteiger partial charge is 0.326 e. The van der Waals surface area contributed by atoms with Crippen molar-refractivity contribution in [3.63, 3.8) is 0 Å². The molecule has 28 heavy (non-hydrogen) atoms. The molecule has 1 aromatic carbocycles. The van der Waals surface area contributed by atoms with Crippen LogP contribution in [0.1, 0.15) is 50.5 Å². The number of hydrogen-bond donors (Lipinski definition) is 1. The summed E-state index contributed by atoms with van der Waals surface area (Å²) in [5.74, 6) is -0.928. The monoisotopic (exact) mass is 385 g/mol. The Bertz CT molecular complexity index is 898. The first-order valence-corrected chi connectivity index (χ1v) is 9.94. The molecule has 1 amide bonds. The second-order valence-electron chi connectivity index (χ2n) is 7.42. The fraction of sp³-hybridized carbons (Fsp3) is 0.524. The predicted molar refractivity (Wildman–Crippen MR) is 106 cm³/mol. The Balaban J connectivity index is 1.53. The van der Waals surface area contributed by atoms with Gasteiger partial charge in [-0.15, -0.1) is 0 Å². The zero-order valence-corrected chi connectivity index (χ0v) is 16.3. The van der Waals surface area contributed by atoms with Crippen molar-refractivity contribution < 1.29 is 14.3 Å². The third-order valence-electron chi connectivity index (χ3n) is 5.19. The van der Waals surface area contributed by atoms with Crippen LogP contribution >= 0.6 is 0 Å². The first kappa shape index (κ1) is 20.0. The van der Waals surface area contributed by atoms with Gasteiger partial charge in [0.05, 0.1) is 17.2 Å². The zero-order valence-electron chi connectivity index (χ0n) is 16.3. The quantitative estimate of drug-likeness (QED) is 0.799.